The topological polar surface area (TPSA) is 61.0 Å². The lowest BCUT2D eigenvalue weighted by atomic mass is 10.1. The Hall–Kier alpha value is -2.24. The van der Waals surface area contributed by atoms with Crippen molar-refractivity contribution in [2.24, 2.45) is 0 Å². The highest BCUT2D eigenvalue weighted by molar-refractivity contribution is 5.40. The molecular weight excluding hydrogens is 249 g/mol. The zero-order chi connectivity index (χ0) is 13.8. The second-order valence-corrected chi connectivity index (χ2v) is 4.25. The first-order chi connectivity index (χ1) is 9.11. The molecule has 0 aliphatic rings. The highest BCUT2D eigenvalue weighted by Gasteiger charge is 2.15. The van der Waals surface area contributed by atoms with Crippen molar-refractivity contribution >= 4 is 5.69 Å². The first kappa shape index (κ1) is 13.2. The molecule has 0 bridgehead atoms. The van der Waals surface area contributed by atoms with E-state index >= 15 is 0 Å². The molecule has 1 aromatic carbocycles. The van der Waals surface area contributed by atoms with Crippen LogP contribution in [0.25, 0.3) is 0 Å². The van der Waals surface area contributed by atoms with E-state index in [1.165, 1.54) is 12.1 Å². The number of aromatic nitrogens is 2. The van der Waals surface area contributed by atoms with Crippen LogP contribution in [0.4, 0.5) is 10.1 Å². The summed E-state index contributed by atoms with van der Waals surface area (Å²) in [5.74, 6) is 0.374. The van der Waals surface area contributed by atoms with Gasteiger partial charge in [-0.05, 0) is 18.6 Å². The summed E-state index contributed by atoms with van der Waals surface area (Å²) in [7, 11) is 0. The molecule has 0 atom stereocenters. The van der Waals surface area contributed by atoms with E-state index in [4.69, 9.17) is 0 Å². The fraction of sp³-hybridized carbons (Fsp3) is 0.308. The summed E-state index contributed by atoms with van der Waals surface area (Å²) in [6.45, 7) is 2.28. The maximum absolute atomic E-state index is 13.2. The number of hydrogen-bond donors (Lipinski definition) is 0. The normalized spacial score (nSPS) is 10.6. The smallest absolute Gasteiger partial charge is 0.274 e. The zero-order valence-corrected chi connectivity index (χ0v) is 10.5. The number of nitro benzene ring substituents is 1. The van der Waals surface area contributed by atoms with Gasteiger partial charge in [0.2, 0.25) is 0 Å². The Bertz CT molecular complexity index is 595. The van der Waals surface area contributed by atoms with Crippen molar-refractivity contribution in [3.05, 3.63) is 57.9 Å². The first-order valence-electron chi connectivity index (χ1n) is 6.04. The molecule has 19 heavy (non-hydrogen) atoms. The van der Waals surface area contributed by atoms with E-state index in [0.29, 0.717) is 5.56 Å². The molecule has 1 heterocycles. The lowest BCUT2D eigenvalue weighted by molar-refractivity contribution is -0.385. The number of nitrogens with zero attached hydrogens (tertiary/aromatic N) is 3. The van der Waals surface area contributed by atoms with E-state index in [2.05, 4.69) is 4.98 Å². The zero-order valence-electron chi connectivity index (χ0n) is 10.5. The summed E-state index contributed by atoms with van der Waals surface area (Å²) in [6, 6.07) is 3.50. The maximum atomic E-state index is 13.2. The van der Waals surface area contributed by atoms with Gasteiger partial charge in [0.25, 0.3) is 5.69 Å². The Labute approximate surface area is 109 Å². The number of halogens is 1. The minimum atomic E-state index is -0.495. The lowest BCUT2D eigenvalue weighted by Gasteiger charge is -2.08. The molecule has 0 fully saturated rings. The minimum Gasteiger partial charge on any atom is -0.330 e. The molecule has 0 amide bonds. The van der Waals surface area contributed by atoms with Crippen LogP contribution in [-0.2, 0) is 13.0 Å². The third-order valence-corrected chi connectivity index (χ3v) is 2.85. The Balaban J connectivity index is 2.34. The van der Waals surface area contributed by atoms with Gasteiger partial charge in [0, 0.05) is 24.9 Å². The van der Waals surface area contributed by atoms with E-state index in [1.54, 1.807) is 12.4 Å². The second-order valence-electron chi connectivity index (χ2n) is 4.25. The third kappa shape index (κ3) is 2.96. The number of benzene rings is 1. The summed E-state index contributed by atoms with van der Waals surface area (Å²) in [4.78, 5) is 14.6. The van der Waals surface area contributed by atoms with Crippen LogP contribution < -0.4 is 0 Å². The van der Waals surface area contributed by atoms with E-state index in [0.717, 1.165) is 24.7 Å². The molecule has 5 nitrogen and oxygen atoms in total. The Morgan fingerprint density at radius 1 is 1.47 bits per heavy atom. The minimum absolute atomic E-state index is 0.0717. The maximum Gasteiger partial charge on any atom is 0.274 e. The van der Waals surface area contributed by atoms with Crippen LogP contribution in [0.2, 0.25) is 0 Å². The lowest BCUT2D eigenvalue weighted by Crippen LogP contribution is -2.06. The molecule has 2 rings (SSSR count). The average molecular weight is 263 g/mol. The predicted molar refractivity (Wildman–Crippen MR) is 68.4 cm³/mol. The van der Waals surface area contributed by atoms with Gasteiger partial charge in [0.1, 0.15) is 11.6 Å². The van der Waals surface area contributed by atoms with E-state index in [9.17, 15) is 14.5 Å². The summed E-state index contributed by atoms with van der Waals surface area (Å²) in [5, 5.41) is 10.9. The molecule has 100 valence electrons. The second kappa shape index (κ2) is 5.60. The summed E-state index contributed by atoms with van der Waals surface area (Å²) < 4.78 is 15.1. The van der Waals surface area contributed by atoms with Crippen molar-refractivity contribution in [1.29, 1.82) is 0 Å². The fourth-order valence-corrected chi connectivity index (χ4v) is 1.98. The van der Waals surface area contributed by atoms with Gasteiger partial charge in [-0.2, -0.15) is 0 Å². The first-order valence-corrected chi connectivity index (χ1v) is 6.04. The van der Waals surface area contributed by atoms with Gasteiger partial charge in [-0.1, -0.05) is 6.92 Å². The summed E-state index contributed by atoms with van der Waals surface area (Å²) >= 11 is 0. The molecular formula is C13H14FN3O2. The van der Waals surface area contributed by atoms with Crippen LogP contribution in [0.5, 0.6) is 0 Å². The van der Waals surface area contributed by atoms with Crippen molar-refractivity contribution in [2.45, 2.75) is 26.3 Å². The van der Waals surface area contributed by atoms with Gasteiger partial charge < -0.3 is 4.57 Å². The van der Waals surface area contributed by atoms with Gasteiger partial charge in [0.05, 0.1) is 17.0 Å². The highest BCUT2D eigenvalue weighted by atomic mass is 19.1. The molecule has 1 aromatic heterocycles. The number of aryl methyl sites for hydroxylation is 1. The molecule has 0 saturated carbocycles. The largest absolute Gasteiger partial charge is 0.330 e. The van der Waals surface area contributed by atoms with Gasteiger partial charge in [-0.3, -0.25) is 10.1 Å². The number of nitro groups is 1. The van der Waals surface area contributed by atoms with E-state index in [1.807, 2.05) is 11.5 Å². The Morgan fingerprint density at radius 3 is 2.95 bits per heavy atom. The van der Waals surface area contributed by atoms with Crippen molar-refractivity contribution in [3.63, 3.8) is 0 Å². The average Bonchev–Trinajstić information content (AvgIpc) is 2.77. The van der Waals surface area contributed by atoms with Crippen LogP contribution >= 0.6 is 0 Å². The van der Waals surface area contributed by atoms with Gasteiger partial charge in [-0.15, -0.1) is 0 Å². The molecule has 0 N–H and O–H groups in total. The van der Waals surface area contributed by atoms with Gasteiger partial charge in [0.15, 0.2) is 0 Å². The molecule has 0 saturated heterocycles. The van der Waals surface area contributed by atoms with Gasteiger partial charge >= 0.3 is 0 Å². The monoisotopic (exact) mass is 263 g/mol. The summed E-state index contributed by atoms with van der Waals surface area (Å²) in [5.41, 5.74) is 0.276. The van der Waals surface area contributed by atoms with Crippen LogP contribution in [0.3, 0.4) is 0 Å². The highest BCUT2D eigenvalue weighted by Crippen LogP contribution is 2.21. The van der Waals surface area contributed by atoms with Crippen molar-refractivity contribution in [2.75, 3.05) is 0 Å². The van der Waals surface area contributed by atoms with Crippen LogP contribution in [0.15, 0.2) is 30.6 Å². The molecule has 0 radical (unpaired) electrons. The number of imidazole rings is 1. The van der Waals surface area contributed by atoms with Crippen molar-refractivity contribution < 1.29 is 9.31 Å². The van der Waals surface area contributed by atoms with Crippen LogP contribution in [0.1, 0.15) is 24.7 Å². The van der Waals surface area contributed by atoms with Crippen molar-refractivity contribution in [3.8, 4) is 0 Å². The third-order valence-electron chi connectivity index (χ3n) is 2.85. The predicted octanol–water partition coefficient (Wildman–Crippen LogP) is 2.93. The molecule has 0 spiro atoms. The molecule has 0 unspecified atom stereocenters. The SMILES string of the molecule is CCCc1nccn1Cc1cc(F)ccc1[N+](=O)[O-]. The quantitative estimate of drug-likeness (QED) is 0.615. The Kier molecular flexibility index (Phi) is 3.89. The molecule has 0 aliphatic heterocycles. The molecule has 6 heteroatoms. The Morgan fingerprint density at radius 2 is 2.26 bits per heavy atom. The summed E-state index contributed by atoms with van der Waals surface area (Å²) in [6.07, 6.45) is 5.12. The number of hydrogen-bond acceptors (Lipinski definition) is 3. The van der Waals surface area contributed by atoms with Gasteiger partial charge in [-0.25, -0.2) is 9.37 Å². The molecule has 2 aromatic rings. The fourth-order valence-electron chi connectivity index (χ4n) is 1.98. The van der Waals surface area contributed by atoms with Crippen molar-refractivity contribution in [1.82, 2.24) is 9.55 Å². The van der Waals surface area contributed by atoms with E-state index < -0.39 is 10.7 Å². The van der Waals surface area contributed by atoms with E-state index in [-0.39, 0.29) is 12.2 Å². The standard InChI is InChI=1S/C13H14FN3O2/c1-2-3-13-15-6-7-16(13)9-10-8-11(14)4-5-12(10)17(18)19/h4-8H,2-3,9H2,1H3. The molecule has 0 aliphatic carbocycles. The van der Waals surface area contributed by atoms with Crippen LogP contribution in [-0.4, -0.2) is 14.5 Å². The van der Waals surface area contributed by atoms with Crippen LogP contribution in [0, 0.1) is 15.9 Å². The number of rotatable bonds is 5.